The second-order valence-corrected chi connectivity index (χ2v) is 6.14. The normalized spacial score (nSPS) is 20.3. The summed E-state index contributed by atoms with van der Waals surface area (Å²) in [7, 11) is 2.12. The van der Waals surface area contributed by atoms with Crippen molar-refractivity contribution in [2.45, 2.75) is 39.5 Å². The molecule has 1 atom stereocenters. The molecule has 1 heterocycles. The first kappa shape index (κ1) is 18.0. The standard InChI is InChI=1S/C17H34N4/c1-5-7-8-12-20(4)17(18-6-2)19-11-14-21-13-9-10-16(3)15-21/h5,16H,1,6-15H2,2-4H3,(H,18,19). The van der Waals surface area contributed by atoms with Gasteiger partial charge >= 0.3 is 0 Å². The van der Waals surface area contributed by atoms with E-state index in [1.54, 1.807) is 0 Å². The lowest BCUT2D eigenvalue weighted by molar-refractivity contribution is 0.188. The van der Waals surface area contributed by atoms with Gasteiger partial charge in [-0.25, -0.2) is 0 Å². The van der Waals surface area contributed by atoms with Gasteiger partial charge in [-0.15, -0.1) is 6.58 Å². The zero-order valence-electron chi connectivity index (χ0n) is 14.3. The lowest BCUT2D eigenvalue weighted by Crippen LogP contribution is -2.40. The van der Waals surface area contributed by atoms with Crippen molar-refractivity contribution in [2.24, 2.45) is 10.9 Å². The third kappa shape index (κ3) is 7.51. The maximum absolute atomic E-state index is 4.78. The topological polar surface area (TPSA) is 30.9 Å². The van der Waals surface area contributed by atoms with Crippen LogP contribution in [0, 0.1) is 5.92 Å². The SMILES string of the molecule is C=CCCCN(C)C(=NCCN1CCCC(C)C1)NCC. The van der Waals surface area contributed by atoms with Crippen molar-refractivity contribution >= 4 is 5.96 Å². The number of rotatable bonds is 8. The predicted octanol–water partition coefficient (Wildman–Crippen LogP) is 2.58. The molecule has 1 rings (SSSR count). The molecule has 21 heavy (non-hydrogen) atoms. The third-order valence-corrected chi connectivity index (χ3v) is 4.02. The van der Waals surface area contributed by atoms with E-state index in [-0.39, 0.29) is 0 Å². The van der Waals surface area contributed by atoms with Gasteiger partial charge in [0.25, 0.3) is 0 Å². The van der Waals surface area contributed by atoms with Gasteiger partial charge in [0.1, 0.15) is 0 Å². The van der Waals surface area contributed by atoms with E-state index in [4.69, 9.17) is 4.99 Å². The average molecular weight is 294 g/mol. The highest BCUT2D eigenvalue weighted by atomic mass is 15.3. The summed E-state index contributed by atoms with van der Waals surface area (Å²) in [6.45, 7) is 14.7. The van der Waals surface area contributed by atoms with Gasteiger partial charge in [0.2, 0.25) is 0 Å². The molecule has 0 spiro atoms. The van der Waals surface area contributed by atoms with E-state index < -0.39 is 0 Å². The number of guanidine groups is 1. The maximum Gasteiger partial charge on any atom is 0.193 e. The Hall–Kier alpha value is -1.03. The van der Waals surface area contributed by atoms with Gasteiger partial charge < -0.3 is 15.1 Å². The number of aliphatic imine (C=N–C) groups is 1. The van der Waals surface area contributed by atoms with E-state index in [2.05, 4.69) is 42.6 Å². The van der Waals surface area contributed by atoms with E-state index in [9.17, 15) is 0 Å². The van der Waals surface area contributed by atoms with Gasteiger partial charge in [-0.2, -0.15) is 0 Å². The minimum absolute atomic E-state index is 0.845. The van der Waals surface area contributed by atoms with Crippen LogP contribution in [-0.2, 0) is 0 Å². The fourth-order valence-corrected chi connectivity index (χ4v) is 2.84. The van der Waals surface area contributed by atoms with Crippen molar-refractivity contribution in [1.82, 2.24) is 15.1 Å². The van der Waals surface area contributed by atoms with Crippen molar-refractivity contribution in [3.8, 4) is 0 Å². The van der Waals surface area contributed by atoms with Crippen LogP contribution in [-0.4, -0.2) is 62.1 Å². The molecule has 1 N–H and O–H groups in total. The number of hydrogen-bond donors (Lipinski definition) is 1. The largest absolute Gasteiger partial charge is 0.357 e. The molecule has 0 aromatic heterocycles. The highest BCUT2D eigenvalue weighted by Crippen LogP contribution is 2.14. The summed E-state index contributed by atoms with van der Waals surface area (Å²) in [5.74, 6) is 1.88. The number of piperidine rings is 1. The summed E-state index contributed by atoms with van der Waals surface area (Å²) in [5.41, 5.74) is 0. The summed E-state index contributed by atoms with van der Waals surface area (Å²) in [5, 5.41) is 3.39. The number of unbranched alkanes of at least 4 members (excludes halogenated alkanes) is 1. The Bertz CT molecular complexity index is 314. The molecule has 1 unspecified atom stereocenters. The minimum atomic E-state index is 0.845. The molecule has 0 aromatic carbocycles. The minimum Gasteiger partial charge on any atom is -0.357 e. The van der Waals surface area contributed by atoms with Gasteiger partial charge in [-0.3, -0.25) is 4.99 Å². The highest BCUT2D eigenvalue weighted by Gasteiger charge is 2.15. The third-order valence-electron chi connectivity index (χ3n) is 4.02. The second-order valence-electron chi connectivity index (χ2n) is 6.14. The van der Waals surface area contributed by atoms with Crippen LogP contribution in [0.15, 0.2) is 17.6 Å². The molecule has 0 saturated carbocycles. The number of nitrogens with zero attached hydrogens (tertiary/aromatic N) is 3. The van der Waals surface area contributed by atoms with Crippen molar-refractivity contribution < 1.29 is 0 Å². The monoisotopic (exact) mass is 294 g/mol. The molecule has 4 nitrogen and oxygen atoms in total. The Labute approximate surface area is 131 Å². The maximum atomic E-state index is 4.78. The average Bonchev–Trinajstić information content (AvgIpc) is 2.46. The van der Waals surface area contributed by atoms with Crippen molar-refractivity contribution in [3.05, 3.63) is 12.7 Å². The lowest BCUT2D eigenvalue weighted by atomic mass is 10.0. The molecule has 0 radical (unpaired) electrons. The summed E-state index contributed by atoms with van der Waals surface area (Å²) >= 11 is 0. The number of hydrogen-bond acceptors (Lipinski definition) is 2. The molecule has 4 heteroatoms. The van der Waals surface area contributed by atoms with Crippen LogP contribution in [0.2, 0.25) is 0 Å². The second kappa shape index (κ2) is 10.7. The molecule has 1 saturated heterocycles. The molecule has 1 fully saturated rings. The predicted molar refractivity (Wildman–Crippen MR) is 92.9 cm³/mol. The van der Waals surface area contributed by atoms with Crippen molar-refractivity contribution in [1.29, 1.82) is 0 Å². The van der Waals surface area contributed by atoms with Crippen LogP contribution < -0.4 is 5.32 Å². The quantitative estimate of drug-likeness (QED) is 0.323. The van der Waals surface area contributed by atoms with Gasteiger partial charge in [0.05, 0.1) is 6.54 Å². The van der Waals surface area contributed by atoms with Gasteiger partial charge in [-0.1, -0.05) is 13.0 Å². The van der Waals surface area contributed by atoms with Gasteiger partial charge in [0.15, 0.2) is 5.96 Å². The molecule has 0 aliphatic carbocycles. The zero-order chi connectivity index (χ0) is 15.5. The summed E-state index contributed by atoms with van der Waals surface area (Å²) < 4.78 is 0. The summed E-state index contributed by atoms with van der Waals surface area (Å²) in [6, 6.07) is 0. The Morgan fingerprint density at radius 3 is 3.00 bits per heavy atom. The van der Waals surface area contributed by atoms with Gasteiger partial charge in [0, 0.05) is 33.2 Å². The van der Waals surface area contributed by atoms with Crippen LogP contribution in [0.5, 0.6) is 0 Å². The number of likely N-dealkylation sites (tertiary alicyclic amines) is 1. The Morgan fingerprint density at radius 2 is 2.33 bits per heavy atom. The first-order valence-corrected chi connectivity index (χ1v) is 8.50. The van der Waals surface area contributed by atoms with E-state index in [1.165, 1.54) is 25.9 Å². The molecule has 1 aliphatic rings. The molecular weight excluding hydrogens is 260 g/mol. The van der Waals surface area contributed by atoms with Crippen molar-refractivity contribution in [3.63, 3.8) is 0 Å². The summed E-state index contributed by atoms with van der Waals surface area (Å²) in [4.78, 5) is 9.56. The molecule has 1 aliphatic heterocycles. The molecule has 0 aromatic rings. The number of allylic oxidation sites excluding steroid dienone is 1. The summed E-state index contributed by atoms with van der Waals surface area (Å²) in [6.07, 6.45) is 6.90. The van der Waals surface area contributed by atoms with Crippen LogP contribution in [0.1, 0.15) is 39.5 Å². The molecule has 0 bridgehead atoms. The molecule has 122 valence electrons. The van der Waals surface area contributed by atoms with E-state index >= 15 is 0 Å². The fourth-order valence-electron chi connectivity index (χ4n) is 2.84. The zero-order valence-corrected chi connectivity index (χ0v) is 14.3. The fraction of sp³-hybridized carbons (Fsp3) is 0.824. The Balaban J connectivity index is 2.37. The smallest absolute Gasteiger partial charge is 0.193 e. The molecular formula is C17H34N4. The first-order valence-electron chi connectivity index (χ1n) is 8.50. The van der Waals surface area contributed by atoms with Crippen LogP contribution in [0.4, 0.5) is 0 Å². The Kier molecular flexibility index (Phi) is 9.15. The van der Waals surface area contributed by atoms with Crippen LogP contribution in [0.25, 0.3) is 0 Å². The number of nitrogens with one attached hydrogen (secondary N) is 1. The van der Waals surface area contributed by atoms with E-state index in [0.717, 1.165) is 50.9 Å². The Morgan fingerprint density at radius 1 is 1.52 bits per heavy atom. The van der Waals surface area contributed by atoms with E-state index in [0.29, 0.717) is 0 Å². The van der Waals surface area contributed by atoms with E-state index in [1.807, 2.05) is 6.08 Å². The van der Waals surface area contributed by atoms with Gasteiger partial charge in [-0.05, 0) is 45.1 Å². The first-order chi connectivity index (χ1) is 10.2. The molecule has 0 amide bonds. The lowest BCUT2D eigenvalue weighted by Gasteiger charge is -2.30. The van der Waals surface area contributed by atoms with Crippen LogP contribution >= 0.6 is 0 Å². The van der Waals surface area contributed by atoms with Crippen LogP contribution in [0.3, 0.4) is 0 Å². The van der Waals surface area contributed by atoms with Crippen molar-refractivity contribution in [2.75, 3.05) is 46.3 Å². The highest BCUT2D eigenvalue weighted by molar-refractivity contribution is 5.79.